The Morgan fingerprint density at radius 3 is 2.38 bits per heavy atom. The first-order chi connectivity index (χ1) is 25.3. The Hall–Kier alpha value is -5.50. The molecule has 0 spiro atoms. The molecular formula is C34H44Cl3F2N11O6. The molecule has 0 aliphatic rings. The number of halogens is 5. The summed E-state index contributed by atoms with van der Waals surface area (Å²) in [5.41, 5.74) is 13.5. The van der Waals surface area contributed by atoms with Gasteiger partial charge in [-0.1, -0.05) is 6.92 Å². The van der Waals surface area contributed by atoms with Crippen LogP contribution in [-0.4, -0.2) is 88.0 Å². The maximum atomic E-state index is 14.9. The first-order valence-corrected chi connectivity index (χ1v) is 16.5. The second kappa shape index (κ2) is 22.8. The van der Waals surface area contributed by atoms with E-state index >= 15 is 0 Å². The molecule has 0 fully saturated rings. The molecule has 3 amide bonds. The highest BCUT2D eigenvalue weighted by Crippen LogP contribution is 2.31. The minimum Gasteiger partial charge on any atom is -0.494 e. The summed E-state index contributed by atoms with van der Waals surface area (Å²) in [6, 6.07) is 5.56. The van der Waals surface area contributed by atoms with Crippen LogP contribution in [0.25, 0.3) is 16.9 Å². The van der Waals surface area contributed by atoms with Crippen molar-refractivity contribution in [2.75, 3.05) is 32.1 Å². The van der Waals surface area contributed by atoms with E-state index in [4.69, 9.17) is 26.7 Å². The summed E-state index contributed by atoms with van der Waals surface area (Å²) < 4.78 is 35.8. The van der Waals surface area contributed by atoms with Gasteiger partial charge in [0, 0.05) is 55.3 Å². The summed E-state index contributed by atoms with van der Waals surface area (Å²) in [7, 11) is 1.25. The molecule has 0 radical (unpaired) electrons. The molecule has 56 heavy (non-hydrogen) atoms. The number of amides is 3. The number of hydrogen-bond donors (Lipinski definition) is 9. The molecule has 2 aromatic carbocycles. The van der Waals surface area contributed by atoms with E-state index in [9.17, 15) is 28.0 Å². The second-order valence-electron chi connectivity index (χ2n) is 11.7. The monoisotopic (exact) mass is 845 g/mol. The van der Waals surface area contributed by atoms with Gasteiger partial charge in [0.05, 0.1) is 25.0 Å². The van der Waals surface area contributed by atoms with E-state index in [1.807, 2.05) is 6.92 Å². The van der Waals surface area contributed by atoms with Crippen LogP contribution in [0.4, 0.5) is 20.3 Å². The molecule has 11 N–H and O–H groups in total. The number of fused-ring (bicyclic) bond motifs is 1. The topological polar surface area (TPSA) is 264 Å². The van der Waals surface area contributed by atoms with E-state index in [0.717, 1.165) is 5.56 Å². The number of imidazole rings is 1. The van der Waals surface area contributed by atoms with Gasteiger partial charge >= 0.3 is 5.97 Å². The van der Waals surface area contributed by atoms with Crippen molar-refractivity contribution in [2.45, 2.75) is 44.7 Å². The van der Waals surface area contributed by atoms with E-state index in [2.05, 4.69) is 36.6 Å². The van der Waals surface area contributed by atoms with Gasteiger partial charge in [-0.25, -0.2) is 14.4 Å². The van der Waals surface area contributed by atoms with Crippen molar-refractivity contribution in [1.82, 2.24) is 35.6 Å². The van der Waals surface area contributed by atoms with Gasteiger partial charge in [0.1, 0.15) is 6.04 Å². The van der Waals surface area contributed by atoms with Crippen molar-refractivity contribution in [3.63, 3.8) is 0 Å². The van der Waals surface area contributed by atoms with Crippen LogP contribution in [0.2, 0.25) is 0 Å². The largest absolute Gasteiger partial charge is 0.494 e. The summed E-state index contributed by atoms with van der Waals surface area (Å²) in [5, 5.41) is 29.7. The number of nitrogens with two attached hydrogens (primary N) is 2. The summed E-state index contributed by atoms with van der Waals surface area (Å²) in [4.78, 5) is 57.8. The number of aromatic nitrogens is 3. The average Bonchev–Trinajstić information content (AvgIpc) is 3.57. The molecule has 2 unspecified atom stereocenters. The van der Waals surface area contributed by atoms with E-state index < -0.39 is 47.5 Å². The fraction of sp³-hybridized carbons (Fsp3) is 0.324. The van der Waals surface area contributed by atoms with Crippen LogP contribution in [0.1, 0.15) is 42.1 Å². The lowest BCUT2D eigenvalue weighted by Crippen LogP contribution is -2.56. The van der Waals surface area contributed by atoms with Gasteiger partial charge < -0.3 is 47.9 Å². The van der Waals surface area contributed by atoms with Crippen LogP contribution < -0.4 is 42.8 Å². The normalized spacial score (nSPS) is 11.4. The molecular weight excluding hydrogens is 803 g/mol. The molecule has 2 heterocycles. The fourth-order valence-electron chi connectivity index (χ4n) is 5.25. The Balaban J connectivity index is 0.00000523. The van der Waals surface area contributed by atoms with Crippen LogP contribution in [-0.2, 0) is 20.8 Å². The number of methoxy groups -OCH3 is 1. The summed E-state index contributed by atoms with van der Waals surface area (Å²) >= 11 is 0. The summed E-state index contributed by atoms with van der Waals surface area (Å²) in [6.45, 7) is 2.02. The summed E-state index contributed by atoms with van der Waals surface area (Å²) in [6.07, 6.45) is 4.87. The van der Waals surface area contributed by atoms with Crippen molar-refractivity contribution in [1.29, 1.82) is 5.41 Å². The molecule has 0 bridgehead atoms. The third-order valence-electron chi connectivity index (χ3n) is 8.04. The van der Waals surface area contributed by atoms with Crippen molar-refractivity contribution >= 4 is 84.0 Å². The van der Waals surface area contributed by atoms with Gasteiger partial charge in [0.15, 0.2) is 29.0 Å². The number of ether oxygens (including phenoxy) is 1. The van der Waals surface area contributed by atoms with Gasteiger partial charge in [-0.15, -0.1) is 37.2 Å². The number of carboxylic acid groups (broad SMARTS) is 1. The predicted octanol–water partition coefficient (Wildman–Crippen LogP) is 2.65. The minimum atomic E-state index is -1.16. The zero-order chi connectivity index (χ0) is 38.7. The third kappa shape index (κ3) is 12.5. The average molecular weight is 847 g/mol. The van der Waals surface area contributed by atoms with Gasteiger partial charge in [-0.3, -0.25) is 29.0 Å². The second-order valence-corrected chi connectivity index (χ2v) is 11.7. The third-order valence-corrected chi connectivity index (χ3v) is 8.04. The van der Waals surface area contributed by atoms with Crippen molar-refractivity contribution in [3.8, 4) is 17.0 Å². The SMILES string of the molecule is CCc1cc(Nc2nccn3c(-c4ccc(OC)c(F)c4F)cnc23)ccc1C(=O)NCCCNC(=O)C(CNC(=N)N)NC(=O)C(N)CCC(=O)O.Cl.Cl.Cl. The number of rotatable bonds is 18. The Kier molecular flexibility index (Phi) is 19.7. The van der Waals surface area contributed by atoms with Crippen LogP contribution in [0, 0.1) is 17.0 Å². The van der Waals surface area contributed by atoms with Gasteiger partial charge in [-0.2, -0.15) is 4.39 Å². The first-order valence-electron chi connectivity index (χ1n) is 16.5. The Bertz CT molecular complexity index is 2010. The number of nitrogens with zero attached hydrogens (tertiary/aromatic N) is 3. The first kappa shape index (κ1) is 48.5. The smallest absolute Gasteiger partial charge is 0.303 e. The molecule has 0 saturated heterocycles. The Labute approximate surface area is 338 Å². The van der Waals surface area contributed by atoms with Gasteiger partial charge in [0.2, 0.25) is 17.6 Å². The van der Waals surface area contributed by atoms with Crippen LogP contribution in [0.5, 0.6) is 5.75 Å². The lowest BCUT2D eigenvalue weighted by molar-refractivity contribution is -0.137. The van der Waals surface area contributed by atoms with Gasteiger partial charge in [0.25, 0.3) is 5.91 Å². The van der Waals surface area contributed by atoms with Crippen molar-refractivity contribution < 1.29 is 37.8 Å². The maximum Gasteiger partial charge on any atom is 0.303 e. The number of guanidine groups is 1. The number of carboxylic acids is 1. The zero-order valence-corrected chi connectivity index (χ0v) is 32.6. The van der Waals surface area contributed by atoms with Gasteiger partial charge in [-0.05, 0) is 55.2 Å². The Morgan fingerprint density at radius 1 is 1.00 bits per heavy atom. The highest BCUT2D eigenvalue weighted by Gasteiger charge is 2.24. The molecule has 306 valence electrons. The van der Waals surface area contributed by atoms with E-state index in [1.54, 1.807) is 28.8 Å². The molecule has 22 heteroatoms. The molecule has 4 aromatic rings. The number of hydrogen-bond acceptors (Lipinski definition) is 10. The molecule has 2 atom stereocenters. The molecule has 0 aliphatic carbocycles. The Morgan fingerprint density at radius 2 is 1.71 bits per heavy atom. The number of aryl methyl sites for hydroxylation is 1. The molecule has 17 nitrogen and oxygen atoms in total. The number of carbonyl (C=O) groups is 4. The predicted molar refractivity (Wildman–Crippen MR) is 212 cm³/mol. The van der Waals surface area contributed by atoms with E-state index in [1.165, 1.54) is 31.6 Å². The number of aliphatic carboxylic acids is 1. The van der Waals surface area contributed by atoms with Crippen molar-refractivity contribution in [3.05, 3.63) is 71.7 Å². The standard InChI is InChI=1S/C34H41F2N11O6.3ClH/c1-3-18-15-19(45-29-30-43-17-24(47(30)14-13-40-29)21-7-9-25(53-2)28(36)27(21)35)5-6-20(18)31(50)41-11-4-12-42-33(52)23(16-44-34(38)39)46-32(51)22(37)8-10-26(48)49;;;/h5-7,9,13-15,17,22-23H,3-4,8,10-12,16,37H2,1-2H3,(H,40,45)(H,41,50)(H,42,52)(H,46,51)(H,48,49)(H4,38,39,44);3*1H. The number of carbonyl (C=O) groups excluding carboxylic acids is 3. The van der Waals surface area contributed by atoms with Crippen LogP contribution >= 0.6 is 37.2 Å². The highest BCUT2D eigenvalue weighted by atomic mass is 35.5. The lowest BCUT2D eigenvalue weighted by atomic mass is 10.0. The molecule has 2 aromatic heterocycles. The van der Waals surface area contributed by atoms with Crippen LogP contribution in [0.15, 0.2) is 48.9 Å². The van der Waals surface area contributed by atoms with Crippen molar-refractivity contribution in [2.24, 2.45) is 11.5 Å². The van der Waals surface area contributed by atoms with E-state index in [0.29, 0.717) is 41.3 Å². The maximum absolute atomic E-state index is 14.9. The number of benzene rings is 2. The number of anilines is 2. The van der Waals surface area contributed by atoms with E-state index in [-0.39, 0.29) is 86.9 Å². The zero-order valence-electron chi connectivity index (χ0n) is 30.2. The molecule has 4 rings (SSSR count). The minimum absolute atomic E-state index is 0. The lowest BCUT2D eigenvalue weighted by Gasteiger charge is -2.21. The summed E-state index contributed by atoms with van der Waals surface area (Å²) in [5.74, 6) is -5.27. The van der Waals surface area contributed by atoms with Crippen LogP contribution in [0.3, 0.4) is 0 Å². The quantitative estimate of drug-likeness (QED) is 0.0398. The highest BCUT2D eigenvalue weighted by molar-refractivity contribution is 5.96. The molecule has 0 saturated carbocycles. The fourth-order valence-corrected chi connectivity index (χ4v) is 5.25. The number of nitrogens with one attached hydrogen (secondary N) is 6. The molecule has 0 aliphatic heterocycles.